The normalized spacial score (nSPS) is 16.2. The summed E-state index contributed by atoms with van der Waals surface area (Å²) in [4.78, 5) is 21.3. The number of piperazine rings is 1. The predicted octanol–water partition coefficient (Wildman–Crippen LogP) is 3.20. The monoisotopic (exact) mass is 387 g/mol. The molecule has 0 unspecified atom stereocenters. The predicted molar refractivity (Wildman–Crippen MR) is 107 cm³/mol. The Morgan fingerprint density at radius 2 is 2.00 bits per heavy atom. The van der Waals surface area contributed by atoms with Crippen LogP contribution >= 0.6 is 11.6 Å². The second kappa shape index (κ2) is 9.20. The third kappa shape index (κ3) is 5.44. The molecule has 6 heteroatoms. The molecule has 3 rings (SSSR count). The van der Waals surface area contributed by atoms with E-state index in [-0.39, 0.29) is 5.91 Å². The van der Waals surface area contributed by atoms with Crippen molar-refractivity contribution in [2.24, 2.45) is 0 Å². The first-order chi connectivity index (χ1) is 13.0. The minimum absolute atomic E-state index is 0.0342. The number of nitrogens with zero attached hydrogens (tertiary/aromatic N) is 3. The molecule has 2 heterocycles. The van der Waals surface area contributed by atoms with Gasteiger partial charge >= 0.3 is 0 Å². The third-order valence-electron chi connectivity index (χ3n) is 4.88. The Balaban J connectivity index is 1.45. The smallest absolute Gasteiger partial charge is 0.263 e. The van der Waals surface area contributed by atoms with Crippen molar-refractivity contribution in [2.75, 3.05) is 32.7 Å². The average molecular weight is 388 g/mol. The first-order valence-corrected chi connectivity index (χ1v) is 9.74. The molecular weight excluding hydrogens is 362 g/mol. The molecule has 1 fully saturated rings. The molecule has 1 aromatic carbocycles. The number of carbonyl (C=O) groups excluding carboxylic acids is 1. The molecule has 5 nitrogen and oxygen atoms in total. The molecule has 0 radical (unpaired) electrons. The SMILES string of the molecule is Cc1cc(O[C@H](C)C(=O)N2CCN(CCc3ccccn3)CC2)ccc1Cl. The highest BCUT2D eigenvalue weighted by Crippen LogP contribution is 2.22. The van der Waals surface area contributed by atoms with Crippen LogP contribution in [0.1, 0.15) is 18.2 Å². The topological polar surface area (TPSA) is 45.7 Å². The zero-order valence-corrected chi connectivity index (χ0v) is 16.7. The van der Waals surface area contributed by atoms with E-state index in [1.807, 2.05) is 36.2 Å². The first kappa shape index (κ1) is 19.6. The molecule has 0 saturated carbocycles. The minimum Gasteiger partial charge on any atom is -0.481 e. The molecule has 27 heavy (non-hydrogen) atoms. The van der Waals surface area contributed by atoms with Gasteiger partial charge in [0.05, 0.1) is 0 Å². The van der Waals surface area contributed by atoms with Crippen molar-refractivity contribution < 1.29 is 9.53 Å². The van der Waals surface area contributed by atoms with Gasteiger partial charge < -0.3 is 9.64 Å². The molecule has 1 atom stereocenters. The summed E-state index contributed by atoms with van der Waals surface area (Å²) in [7, 11) is 0. The summed E-state index contributed by atoms with van der Waals surface area (Å²) in [6, 6.07) is 11.5. The second-order valence-corrected chi connectivity index (χ2v) is 7.32. The molecule has 1 aromatic heterocycles. The lowest BCUT2D eigenvalue weighted by atomic mass is 10.2. The molecule has 1 aliphatic rings. The third-order valence-corrected chi connectivity index (χ3v) is 5.31. The Morgan fingerprint density at radius 3 is 2.67 bits per heavy atom. The number of hydrogen-bond acceptors (Lipinski definition) is 4. The van der Waals surface area contributed by atoms with Gasteiger partial charge in [-0.1, -0.05) is 17.7 Å². The summed E-state index contributed by atoms with van der Waals surface area (Å²) in [5, 5.41) is 0.697. The number of pyridine rings is 1. The van der Waals surface area contributed by atoms with Crippen LogP contribution in [0.5, 0.6) is 5.75 Å². The summed E-state index contributed by atoms with van der Waals surface area (Å²) in [5.74, 6) is 0.707. The van der Waals surface area contributed by atoms with Crippen molar-refractivity contribution in [3.63, 3.8) is 0 Å². The summed E-state index contributed by atoms with van der Waals surface area (Å²) in [6.07, 6.45) is 2.25. The maximum atomic E-state index is 12.7. The van der Waals surface area contributed by atoms with E-state index in [9.17, 15) is 4.79 Å². The lowest BCUT2D eigenvalue weighted by molar-refractivity contribution is -0.139. The number of rotatable bonds is 6. The quantitative estimate of drug-likeness (QED) is 0.763. The summed E-state index contributed by atoms with van der Waals surface area (Å²) in [5.41, 5.74) is 2.05. The Hall–Kier alpha value is -2.11. The zero-order valence-electron chi connectivity index (χ0n) is 15.9. The van der Waals surface area contributed by atoms with Crippen LogP contribution in [0.25, 0.3) is 0 Å². The molecular formula is C21H26ClN3O2. The molecule has 0 aliphatic carbocycles. The van der Waals surface area contributed by atoms with Gasteiger partial charge in [-0.2, -0.15) is 0 Å². The van der Waals surface area contributed by atoms with Gasteiger partial charge in [-0.3, -0.25) is 14.7 Å². The van der Waals surface area contributed by atoms with Crippen LogP contribution in [0.4, 0.5) is 0 Å². The van der Waals surface area contributed by atoms with E-state index < -0.39 is 6.10 Å². The maximum absolute atomic E-state index is 12.7. The number of aryl methyl sites for hydroxylation is 1. The van der Waals surface area contributed by atoms with E-state index in [0.717, 1.165) is 50.4 Å². The fraction of sp³-hybridized carbons (Fsp3) is 0.429. The molecule has 1 amide bonds. The van der Waals surface area contributed by atoms with E-state index in [4.69, 9.17) is 16.3 Å². The standard InChI is InChI=1S/C21H26ClN3O2/c1-16-15-19(6-7-20(16)22)27-17(2)21(26)25-13-11-24(12-14-25)10-8-18-5-3-4-9-23-18/h3-7,9,15,17H,8,10-14H2,1-2H3/t17-/m1/s1. The minimum atomic E-state index is -0.509. The van der Waals surface area contributed by atoms with Gasteiger partial charge in [0.15, 0.2) is 6.10 Å². The molecule has 2 aromatic rings. The van der Waals surface area contributed by atoms with Gasteiger partial charge in [-0.15, -0.1) is 0 Å². The van der Waals surface area contributed by atoms with E-state index in [0.29, 0.717) is 10.8 Å². The molecule has 0 spiro atoms. The van der Waals surface area contributed by atoms with Crippen LogP contribution in [-0.4, -0.2) is 59.5 Å². The zero-order chi connectivity index (χ0) is 19.2. The van der Waals surface area contributed by atoms with E-state index in [1.165, 1.54) is 0 Å². The van der Waals surface area contributed by atoms with Crippen molar-refractivity contribution in [1.82, 2.24) is 14.8 Å². The van der Waals surface area contributed by atoms with E-state index in [2.05, 4.69) is 16.0 Å². The summed E-state index contributed by atoms with van der Waals surface area (Å²) >= 11 is 6.04. The highest BCUT2D eigenvalue weighted by Gasteiger charge is 2.26. The van der Waals surface area contributed by atoms with Crippen molar-refractivity contribution in [2.45, 2.75) is 26.4 Å². The first-order valence-electron chi connectivity index (χ1n) is 9.37. The number of ether oxygens (including phenoxy) is 1. The molecule has 0 N–H and O–H groups in total. The average Bonchev–Trinajstić information content (AvgIpc) is 2.70. The van der Waals surface area contributed by atoms with Gasteiger partial charge in [-0.25, -0.2) is 0 Å². The Kier molecular flexibility index (Phi) is 6.69. The van der Waals surface area contributed by atoms with Crippen LogP contribution in [0, 0.1) is 6.92 Å². The largest absolute Gasteiger partial charge is 0.481 e. The number of carbonyl (C=O) groups is 1. The van der Waals surface area contributed by atoms with Crippen molar-refractivity contribution >= 4 is 17.5 Å². The highest BCUT2D eigenvalue weighted by molar-refractivity contribution is 6.31. The van der Waals surface area contributed by atoms with Crippen LogP contribution in [0.3, 0.4) is 0 Å². The van der Waals surface area contributed by atoms with Gasteiger partial charge in [0.2, 0.25) is 0 Å². The molecule has 1 aliphatic heterocycles. The number of benzene rings is 1. The number of aromatic nitrogens is 1. The van der Waals surface area contributed by atoms with Crippen LogP contribution < -0.4 is 4.74 Å². The molecule has 1 saturated heterocycles. The van der Waals surface area contributed by atoms with Gasteiger partial charge in [0.25, 0.3) is 5.91 Å². The number of amides is 1. The summed E-state index contributed by atoms with van der Waals surface area (Å²) in [6.45, 7) is 7.92. The van der Waals surface area contributed by atoms with Gasteiger partial charge in [-0.05, 0) is 49.7 Å². The van der Waals surface area contributed by atoms with Crippen LogP contribution in [0.2, 0.25) is 5.02 Å². The van der Waals surface area contributed by atoms with Crippen molar-refractivity contribution in [3.8, 4) is 5.75 Å². The Labute approximate surface area is 165 Å². The maximum Gasteiger partial charge on any atom is 0.263 e. The van der Waals surface area contributed by atoms with E-state index >= 15 is 0 Å². The van der Waals surface area contributed by atoms with E-state index in [1.54, 1.807) is 19.1 Å². The van der Waals surface area contributed by atoms with Gasteiger partial charge in [0.1, 0.15) is 5.75 Å². The fourth-order valence-electron chi connectivity index (χ4n) is 3.21. The number of halogens is 1. The number of hydrogen-bond donors (Lipinski definition) is 0. The lowest BCUT2D eigenvalue weighted by Crippen LogP contribution is -2.52. The van der Waals surface area contributed by atoms with Crippen molar-refractivity contribution in [3.05, 3.63) is 58.9 Å². The fourth-order valence-corrected chi connectivity index (χ4v) is 3.33. The molecule has 144 valence electrons. The van der Waals surface area contributed by atoms with Crippen molar-refractivity contribution in [1.29, 1.82) is 0 Å². The molecule has 0 bridgehead atoms. The lowest BCUT2D eigenvalue weighted by Gasteiger charge is -2.35. The summed E-state index contributed by atoms with van der Waals surface area (Å²) < 4.78 is 5.83. The Bertz CT molecular complexity index is 761. The van der Waals surface area contributed by atoms with Gasteiger partial charge in [0, 0.05) is 56.1 Å². The Morgan fingerprint density at radius 1 is 1.22 bits per heavy atom. The van der Waals surface area contributed by atoms with Crippen LogP contribution in [0.15, 0.2) is 42.6 Å². The second-order valence-electron chi connectivity index (χ2n) is 6.91. The highest BCUT2D eigenvalue weighted by atomic mass is 35.5. The van der Waals surface area contributed by atoms with Crippen LogP contribution in [-0.2, 0) is 11.2 Å².